The van der Waals surface area contributed by atoms with E-state index in [0.29, 0.717) is 29.7 Å². The first-order valence-electron chi connectivity index (χ1n) is 12.3. The van der Waals surface area contributed by atoms with Crippen LogP contribution in [0.3, 0.4) is 0 Å². The molecule has 1 unspecified atom stereocenters. The predicted molar refractivity (Wildman–Crippen MR) is 123 cm³/mol. The van der Waals surface area contributed by atoms with Gasteiger partial charge in [0.1, 0.15) is 0 Å². The molecule has 0 aromatic rings. The average Bonchev–Trinajstić information content (AvgIpc) is 3.05. The normalized spacial score (nSPS) is 39.8. The fourth-order valence-electron chi connectivity index (χ4n) is 6.75. The molecule has 3 heteroatoms. The summed E-state index contributed by atoms with van der Waals surface area (Å²) in [6.45, 7) is 9.65. The highest BCUT2D eigenvalue weighted by Gasteiger charge is 2.50. The van der Waals surface area contributed by atoms with Gasteiger partial charge in [-0.05, 0) is 72.3 Å². The summed E-state index contributed by atoms with van der Waals surface area (Å²) in [5.41, 5.74) is 3.28. The third-order valence-corrected chi connectivity index (χ3v) is 8.51. The molecule has 0 saturated heterocycles. The maximum atomic E-state index is 13.3. The van der Waals surface area contributed by atoms with E-state index < -0.39 is 12.2 Å². The minimum Gasteiger partial charge on any atom is -0.390 e. The molecule has 3 aliphatic rings. The Labute approximate surface area is 183 Å². The molecule has 3 fully saturated rings. The largest absolute Gasteiger partial charge is 0.390 e. The maximum Gasteiger partial charge on any atom is 0.0902 e. The zero-order valence-corrected chi connectivity index (χ0v) is 19.5. The van der Waals surface area contributed by atoms with Crippen LogP contribution in [0.5, 0.6) is 0 Å². The molecule has 0 aromatic carbocycles. The average molecular weight is 419 g/mol. The van der Waals surface area contributed by atoms with Gasteiger partial charge in [-0.1, -0.05) is 64.7 Å². The lowest BCUT2D eigenvalue weighted by Crippen LogP contribution is -2.36. The van der Waals surface area contributed by atoms with Crippen molar-refractivity contribution >= 4 is 0 Å². The lowest BCUT2D eigenvalue weighted by Gasteiger charge is -2.44. The summed E-state index contributed by atoms with van der Waals surface area (Å²) >= 11 is 0. The Morgan fingerprint density at radius 1 is 1.03 bits per heavy atom. The van der Waals surface area contributed by atoms with Crippen LogP contribution < -0.4 is 0 Å². The smallest absolute Gasteiger partial charge is 0.0902 e. The van der Waals surface area contributed by atoms with Crippen LogP contribution >= 0.6 is 0 Å². The fourth-order valence-corrected chi connectivity index (χ4v) is 6.75. The van der Waals surface area contributed by atoms with Crippen molar-refractivity contribution in [2.45, 2.75) is 104 Å². The Morgan fingerprint density at radius 2 is 1.73 bits per heavy atom. The number of halogens is 1. The molecule has 2 N–H and O–H groups in total. The molecule has 0 aromatic heterocycles. The molecule has 0 radical (unpaired) electrons. The zero-order chi connectivity index (χ0) is 21.9. The van der Waals surface area contributed by atoms with Gasteiger partial charge in [-0.25, -0.2) is 4.39 Å². The van der Waals surface area contributed by atoms with E-state index >= 15 is 0 Å². The van der Waals surface area contributed by atoms with Crippen LogP contribution in [0.25, 0.3) is 0 Å². The molecule has 0 bridgehead atoms. The summed E-state index contributed by atoms with van der Waals surface area (Å²) in [4.78, 5) is 0. The molecule has 30 heavy (non-hydrogen) atoms. The van der Waals surface area contributed by atoms with E-state index in [1.165, 1.54) is 50.5 Å². The Hall–Kier alpha value is -0.930. The van der Waals surface area contributed by atoms with Crippen LogP contribution in [0.15, 0.2) is 35.2 Å². The molecular formula is C27H43FO2. The third kappa shape index (κ3) is 5.10. The first-order chi connectivity index (χ1) is 14.3. The fraction of sp³-hybridized carbons (Fsp3) is 0.778. The predicted octanol–water partition coefficient (Wildman–Crippen LogP) is 6.89. The second kappa shape index (κ2) is 10.1. The highest BCUT2D eigenvalue weighted by Crippen LogP contribution is 2.60. The van der Waals surface area contributed by atoms with Gasteiger partial charge in [0.05, 0.1) is 18.5 Å². The van der Waals surface area contributed by atoms with E-state index in [-0.39, 0.29) is 6.42 Å². The van der Waals surface area contributed by atoms with Crippen molar-refractivity contribution in [2.24, 2.45) is 29.1 Å². The number of aliphatic hydroxyl groups excluding tert-OH is 2. The monoisotopic (exact) mass is 418 g/mol. The topological polar surface area (TPSA) is 40.5 Å². The minimum atomic E-state index is -0.859. The quantitative estimate of drug-likeness (QED) is 0.493. The second-order valence-electron chi connectivity index (χ2n) is 11.0. The molecule has 0 heterocycles. The van der Waals surface area contributed by atoms with Crippen LogP contribution in [0.1, 0.15) is 91.9 Å². The summed E-state index contributed by atoms with van der Waals surface area (Å²) in [7, 11) is 0. The zero-order valence-electron chi connectivity index (χ0n) is 19.5. The van der Waals surface area contributed by atoms with Crippen LogP contribution in [0, 0.1) is 29.1 Å². The van der Waals surface area contributed by atoms with Gasteiger partial charge in [-0.15, -0.1) is 0 Å². The summed E-state index contributed by atoms with van der Waals surface area (Å²) in [5.74, 6) is 3.02. The van der Waals surface area contributed by atoms with Gasteiger partial charge < -0.3 is 10.2 Å². The van der Waals surface area contributed by atoms with Crippen LogP contribution in [-0.2, 0) is 0 Å². The van der Waals surface area contributed by atoms with Crippen molar-refractivity contribution in [1.29, 1.82) is 0 Å². The number of rotatable bonds is 6. The number of hydrogen-bond donors (Lipinski definition) is 2. The van der Waals surface area contributed by atoms with Crippen molar-refractivity contribution < 1.29 is 14.6 Å². The first kappa shape index (κ1) is 23.7. The standard InChI is InChI=1S/C27H43FO2/c1-18(2)7-5-8-19(3)23-12-13-24-20(9-6-14-27(23,24)4)10-11-21-15-25(29)26(30)16-22(21)17-28/h10-11,17-19,23-26,29-30H,5-9,12-16H2,1-4H3/b20-10?,21-11-,22-17+/t19-,23-,24?,25-,26+,27-/m1/s1. The Kier molecular flexibility index (Phi) is 8.01. The van der Waals surface area contributed by atoms with Gasteiger partial charge in [-0.2, -0.15) is 0 Å². The van der Waals surface area contributed by atoms with E-state index in [4.69, 9.17) is 0 Å². The Morgan fingerprint density at radius 3 is 2.40 bits per heavy atom. The van der Waals surface area contributed by atoms with E-state index in [0.717, 1.165) is 29.7 Å². The summed E-state index contributed by atoms with van der Waals surface area (Å²) < 4.78 is 13.3. The molecule has 0 spiro atoms. The van der Waals surface area contributed by atoms with Crippen LogP contribution in [0.4, 0.5) is 4.39 Å². The molecule has 170 valence electrons. The first-order valence-corrected chi connectivity index (χ1v) is 12.3. The summed E-state index contributed by atoms with van der Waals surface area (Å²) in [5, 5.41) is 19.9. The van der Waals surface area contributed by atoms with Gasteiger partial charge in [0.15, 0.2) is 0 Å². The lowest BCUT2D eigenvalue weighted by molar-refractivity contribution is 0.0134. The van der Waals surface area contributed by atoms with E-state index in [2.05, 4.69) is 33.8 Å². The molecule has 3 aliphatic carbocycles. The molecule has 2 nitrogen and oxygen atoms in total. The third-order valence-electron chi connectivity index (χ3n) is 8.51. The van der Waals surface area contributed by atoms with Gasteiger partial charge in [-0.3, -0.25) is 0 Å². The lowest BCUT2D eigenvalue weighted by atomic mass is 9.60. The molecule has 0 aliphatic heterocycles. The SMILES string of the molecule is CC(C)CCC[C@@H](C)[C@H]1CCC2C(=C/C=C3/C[C@@H](O)[C@@H](O)C/C3=C\F)CCC[C@@]21C. The molecule has 0 amide bonds. The van der Waals surface area contributed by atoms with Crippen molar-refractivity contribution in [3.63, 3.8) is 0 Å². The molecule has 3 saturated carbocycles. The molecule has 6 atom stereocenters. The number of hydrogen-bond acceptors (Lipinski definition) is 2. The minimum absolute atomic E-state index is 0.198. The van der Waals surface area contributed by atoms with E-state index in [1.54, 1.807) is 0 Å². The van der Waals surface area contributed by atoms with Gasteiger partial charge in [0.2, 0.25) is 0 Å². The van der Waals surface area contributed by atoms with Crippen molar-refractivity contribution in [3.05, 3.63) is 35.2 Å². The second-order valence-corrected chi connectivity index (χ2v) is 11.0. The number of fused-ring (bicyclic) bond motifs is 1. The highest BCUT2D eigenvalue weighted by atomic mass is 19.1. The summed E-state index contributed by atoms with van der Waals surface area (Å²) in [6.07, 6.45) is 14.1. The van der Waals surface area contributed by atoms with Gasteiger partial charge >= 0.3 is 0 Å². The van der Waals surface area contributed by atoms with Crippen LogP contribution in [-0.4, -0.2) is 22.4 Å². The molecule has 3 rings (SSSR count). The van der Waals surface area contributed by atoms with Crippen molar-refractivity contribution in [2.75, 3.05) is 0 Å². The Bertz CT molecular complexity index is 676. The van der Waals surface area contributed by atoms with E-state index in [9.17, 15) is 14.6 Å². The molecular weight excluding hydrogens is 375 g/mol. The number of aliphatic hydroxyl groups is 2. The van der Waals surface area contributed by atoms with Crippen molar-refractivity contribution in [3.8, 4) is 0 Å². The maximum absolute atomic E-state index is 13.3. The Balaban J connectivity index is 1.73. The highest BCUT2D eigenvalue weighted by molar-refractivity contribution is 5.38. The van der Waals surface area contributed by atoms with Crippen LogP contribution in [0.2, 0.25) is 0 Å². The number of allylic oxidation sites excluding steroid dienone is 3. The van der Waals surface area contributed by atoms with Crippen molar-refractivity contribution in [1.82, 2.24) is 0 Å². The summed E-state index contributed by atoms with van der Waals surface area (Å²) in [6, 6.07) is 0. The van der Waals surface area contributed by atoms with Gasteiger partial charge in [0.25, 0.3) is 0 Å². The van der Waals surface area contributed by atoms with E-state index in [1.807, 2.05) is 6.08 Å². The van der Waals surface area contributed by atoms with Gasteiger partial charge in [0, 0.05) is 12.8 Å².